The number of anilines is 1. The number of carbonyl (C=O) groups is 1. The molecule has 0 saturated heterocycles. The molecule has 14 heavy (non-hydrogen) atoms. The molecule has 0 fully saturated rings. The topological polar surface area (TPSA) is 64.2 Å². The van der Waals surface area contributed by atoms with Crippen LogP contribution in [0.2, 0.25) is 0 Å². The van der Waals surface area contributed by atoms with Gasteiger partial charge >= 0.3 is 0 Å². The summed E-state index contributed by atoms with van der Waals surface area (Å²) >= 11 is 0. The van der Waals surface area contributed by atoms with Gasteiger partial charge < -0.3 is 10.6 Å². The number of nitrogens with zero attached hydrogens (tertiary/aromatic N) is 3. The molecular weight excluding hydrogens is 180 g/mol. The predicted molar refractivity (Wildman–Crippen MR) is 55.0 cm³/mol. The molecule has 1 heterocycles. The lowest BCUT2D eigenvalue weighted by molar-refractivity contribution is 0.0818. The fourth-order valence-corrected chi connectivity index (χ4v) is 1.32. The van der Waals surface area contributed by atoms with Gasteiger partial charge in [-0.3, -0.25) is 9.48 Å². The Morgan fingerprint density at radius 3 is 2.50 bits per heavy atom. The highest BCUT2D eigenvalue weighted by molar-refractivity contribution is 5.97. The molecule has 2 N–H and O–H groups in total. The Morgan fingerprint density at radius 1 is 1.57 bits per heavy atom. The van der Waals surface area contributed by atoms with E-state index < -0.39 is 0 Å². The van der Waals surface area contributed by atoms with Crippen LogP contribution in [0.4, 0.5) is 5.69 Å². The fraction of sp³-hybridized carbons (Fsp3) is 0.556. The van der Waals surface area contributed by atoms with Crippen LogP contribution in [-0.4, -0.2) is 34.7 Å². The SMILES string of the molecule is CCc1nn(C)c(C(=O)N(C)C)c1N. The van der Waals surface area contributed by atoms with E-state index in [0.717, 1.165) is 12.1 Å². The van der Waals surface area contributed by atoms with E-state index in [1.807, 2.05) is 6.92 Å². The number of hydrogen-bond acceptors (Lipinski definition) is 3. The molecule has 1 aromatic rings. The maximum atomic E-state index is 11.7. The molecule has 1 aromatic heterocycles. The Labute approximate surface area is 83.5 Å². The Morgan fingerprint density at radius 2 is 2.14 bits per heavy atom. The smallest absolute Gasteiger partial charge is 0.273 e. The van der Waals surface area contributed by atoms with Crippen LogP contribution >= 0.6 is 0 Å². The highest BCUT2D eigenvalue weighted by atomic mass is 16.2. The van der Waals surface area contributed by atoms with E-state index in [1.54, 1.807) is 21.1 Å². The summed E-state index contributed by atoms with van der Waals surface area (Å²) in [5, 5.41) is 4.18. The number of amides is 1. The number of nitrogen functional groups attached to an aromatic ring is 1. The number of rotatable bonds is 2. The van der Waals surface area contributed by atoms with Crippen LogP contribution in [0.3, 0.4) is 0 Å². The molecule has 5 nitrogen and oxygen atoms in total. The molecular formula is C9H16N4O. The molecule has 0 radical (unpaired) electrons. The highest BCUT2D eigenvalue weighted by Crippen LogP contribution is 2.17. The van der Waals surface area contributed by atoms with E-state index in [4.69, 9.17) is 5.73 Å². The van der Waals surface area contributed by atoms with Gasteiger partial charge in [0.1, 0.15) is 5.69 Å². The molecule has 0 saturated carbocycles. The van der Waals surface area contributed by atoms with Crippen molar-refractivity contribution in [2.75, 3.05) is 19.8 Å². The molecule has 0 spiro atoms. The van der Waals surface area contributed by atoms with Crippen molar-refractivity contribution in [3.05, 3.63) is 11.4 Å². The van der Waals surface area contributed by atoms with Crippen LogP contribution < -0.4 is 5.73 Å². The molecule has 0 aromatic carbocycles. The van der Waals surface area contributed by atoms with Crippen molar-refractivity contribution >= 4 is 11.6 Å². The third-order valence-electron chi connectivity index (χ3n) is 2.10. The number of aromatic nitrogens is 2. The third kappa shape index (κ3) is 1.57. The highest BCUT2D eigenvalue weighted by Gasteiger charge is 2.19. The summed E-state index contributed by atoms with van der Waals surface area (Å²) in [5.41, 5.74) is 7.56. The number of hydrogen-bond donors (Lipinski definition) is 1. The molecule has 1 rings (SSSR count). The molecule has 5 heteroatoms. The van der Waals surface area contributed by atoms with Crippen molar-refractivity contribution in [2.45, 2.75) is 13.3 Å². The Balaban J connectivity index is 3.21. The first kappa shape index (κ1) is 10.6. The quantitative estimate of drug-likeness (QED) is 0.738. The molecule has 1 amide bonds. The van der Waals surface area contributed by atoms with Crippen molar-refractivity contribution < 1.29 is 4.79 Å². The molecule has 0 aliphatic rings. The minimum atomic E-state index is -0.114. The van der Waals surface area contributed by atoms with Crippen LogP contribution in [0.1, 0.15) is 23.1 Å². The van der Waals surface area contributed by atoms with Crippen molar-refractivity contribution in [1.82, 2.24) is 14.7 Å². The van der Waals surface area contributed by atoms with Gasteiger partial charge in [0, 0.05) is 21.1 Å². The molecule has 0 unspecified atom stereocenters. The number of carbonyl (C=O) groups excluding carboxylic acids is 1. The fourth-order valence-electron chi connectivity index (χ4n) is 1.32. The number of nitrogens with two attached hydrogens (primary N) is 1. The second kappa shape index (κ2) is 3.69. The number of aryl methyl sites for hydroxylation is 2. The third-order valence-corrected chi connectivity index (χ3v) is 2.10. The first-order valence-electron chi connectivity index (χ1n) is 4.52. The van der Waals surface area contributed by atoms with Gasteiger partial charge in [-0.25, -0.2) is 0 Å². The maximum absolute atomic E-state index is 11.7. The second-order valence-corrected chi connectivity index (χ2v) is 3.39. The maximum Gasteiger partial charge on any atom is 0.273 e. The van der Waals surface area contributed by atoms with Gasteiger partial charge in [0.15, 0.2) is 0 Å². The Kier molecular flexibility index (Phi) is 2.78. The zero-order chi connectivity index (χ0) is 10.9. The average molecular weight is 196 g/mol. The summed E-state index contributed by atoms with van der Waals surface area (Å²) in [6.45, 7) is 1.96. The second-order valence-electron chi connectivity index (χ2n) is 3.39. The van der Waals surface area contributed by atoms with Crippen LogP contribution in [-0.2, 0) is 13.5 Å². The summed E-state index contributed by atoms with van der Waals surface area (Å²) in [6, 6.07) is 0. The standard InChI is InChI=1S/C9H16N4O/c1-5-6-7(10)8(13(4)11-6)9(14)12(2)3/h5,10H2,1-4H3. The van der Waals surface area contributed by atoms with Crippen molar-refractivity contribution in [2.24, 2.45) is 7.05 Å². The van der Waals surface area contributed by atoms with Gasteiger partial charge in [0.25, 0.3) is 5.91 Å². The lowest BCUT2D eigenvalue weighted by Gasteiger charge is -2.10. The lowest BCUT2D eigenvalue weighted by atomic mass is 10.2. The van der Waals surface area contributed by atoms with Crippen LogP contribution in [0.5, 0.6) is 0 Å². The largest absolute Gasteiger partial charge is 0.395 e. The van der Waals surface area contributed by atoms with Gasteiger partial charge in [0.05, 0.1) is 11.4 Å². The minimum absolute atomic E-state index is 0.114. The first-order valence-corrected chi connectivity index (χ1v) is 4.52. The molecule has 78 valence electrons. The van der Waals surface area contributed by atoms with Crippen LogP contribution in [0, 0.1) is 0 Å². The van der Waals surface area contributed by atoms with Crippen LogP contribution in [0.25, 0.3) is 0 Å². The van der Waals surface area contributed by atoms with E-state index in [2.05, 4.69) is 5.10 Å². The Bertz CT molecular complexity index is 354. The van der Waals surface area contributed by atoms with Crippen molar-refractivity contribution in [1.29, 1.82) is 0 Å². The average Bonchev–Trinajstić information content (AvgIpc) is 2.40. The van der Waals surface area contributed by atoms with E-state index >= 15 is 0 Å². The minimum Gasteiger partial charge on any atom is -0.395 e. The Hall–Kier alpha value is -1.52. The molecule has 0 atom stereocenters. The predicted octanol–water partition coefficient (Wildman–Crippen LogP) is 0.267. The van der Waals surface area contributed by atoms with E-state index in [0.29, 0.717) is 11.4 Å². The molecule has 0 bridgehead atoms. The van der Waals surface area contributed by atoms with E-state index in [-0.39, 0.29) is 5.91 Å². The summed E-state index contributed by atoms with van der Waals surface area (Å²) in [6.07, 6.45) is 0.736. The summed E-state index contributed by atoms with van der Waals surface area (Å²) in [7, 11) is 5.12. The first-order chi connectivity index (χ1) is 6.49. The monoisotopic (exact) mass is 196 g/mol. The van der Waals surface area contributed by atoms with Crippen molar-refractivity contribution in [3.8, 4) is 0 Å². The van der Waals surface area contributed by atoms with Gasteiger partial charge in [0.2, 0.25) is 0 Å². The zero-order valence-corrected chi connectivity index (χ0v) is 9.03. The molecule has 0 aliphatic heterocycles. The summed E-state index contributed by atoms with van der Waals surface area (Å²) in [4.78, 5) is 13.2. The van der Waals surface area contributed by atoms with E-state index in [1.165, 1.54) is 9.58 Å². The summed E-state index contributed by atoms with van der Waals surface area (Å²) in [5.74, 6) is -0.114. The zero-order valence-electron chi connectivity index (χ0n) is 9.03. The van der Waals surface area contributed by atoms with Gasteiger partial charge in [-0.15, -0.1) is 0 Å². The van der Waals surface area contributed by atoms with E-state index in [9.17, 15) is 4.79 Å². The van der Waals surface area contributed by atoms with Gasteiger partial charge in [-0.1, -0.05) is 6.92 Å². The normalized spacial score (nSPS) is 10.3. The van der Waals surface area contributed by atoms with Crippen LogP contribution in [0.15, 0.2) is 0 Å². The molecule has 0 aliphatic carbocycles. The van der Waals surface area contributed by atoms with Gasteiger partial charge in [-0.05, 0) is 6.42 Å². The van der Waals surface area contributed by atoms with Gasteiger partial charge in [-0.2, -0.15) is 5.10 Å². The summed E-state index contributed by atoms with van der Waals surface area (Å²) < 4.78 is 1.54. The lowest BCUT2D eigenvalue weighted by Crippen LogP contribution is -2.25. The van der Waals surface area contributed by atoms with Crippen molar-refractivity contribution in [3.63, 3.8) is 0 Å².